The van der Waals surface area contributed by atoms with Crippen LogP contribution in [-0.2, 0) is 24.2 Å². The van der Waals surface area contributed by atoms with Gasteiger partial charge in [0, 0.05) is 19.5 Å². The molecule has 1 amide bonds. The Hall–Kier alpha value is -3.31. The summed E-state index contributed by atoms with van der Waals surface area (Å²) in [5, 5.41) is 3.67. The number of fused-ring (bicyclic) bond motifs is 1. The fourth-order valence-electron chi connectivity index (χ4n) is 4.19. The lowest BCUT2D eigenvalue weighted by molar-refractivity contribution is -0.120. The SMILES string of the molecule is O=C(Cc1ccccc1)NCCCCCc1nc2ccccc2n1CCCOc1ccccc1Cl. The molecule has 1 aromatic heterocycles. The predicted molar refractivity (Wildman–Crippen MR) is 142 cm³/mol. The van der Waals surface area contributed by atoms with Crippen molar-refractivity contribution in [2.45, 2.75) is 45.1 Å². The molecule has 0 saturated carbocycles. The van der Waals surface area contributed by atoms with Gasteiger partial charge < -0.3 is 14.6 Å². The van der Waals surface area contributed by atoms with Crippen LogP contribution in [0.15, 0.2) is 78.9 Å². The number of carbonyl (C=O) groups excluding carboxylic acids is 1. The van der Waals surface area contributed by atoms with E-state index in [1.54, 1.807) is 0 Å². The fraction of sp³-hybridized carbons (Fsp3) is 0.310. The molecular weight excluding hydrogens is 458 g/mol. The number of halogens is 1. The Morgan fingerprint density at radius 1 is 0.886 bits per heavy atom. The Labute approximate surface area is 212 Å². The molecule has 1 heterocycles. The summed E-state index contributed by atoms with van der Waals surface area (Å²) in [4.78, 5) is 17.0. The lowest BCUT2D eigenvalue weighted by Crippen LogP contribution is -2.26. The van der Waals surface area contributed by atoms with Crippen molar-refractivity contribution in [2.75, 3.05) is 13.2 Å². The van der Waals surface area contributed by atoms with E-state index in [1.807, 2.05) is 60.7 Å². The molecule has 182 valence electrons. The molecule has 35 heavy (non-hydrogen) atoms. The van der Waals surface area contributed by atoms with E-state index in [-0.39, 0.29) is 5.91 Å². The molecule has 0 unspecified atom stereocenters. The van der Waals surface area contributed by atoms with Gasteiger partial charge in [0.15, 0.2) is 0 Å². The number of benzene rings is 3. The van der Waals surface area contributed by atoms with Gasteiger partial charge in [0.05, 0.1) is 29.1 Å². The number of nitrogens with zero attached hydrogens (tertiary/aromatic N) is 2. The van der Waals surface area contributed by atoms with Crippen molar-refractivity contribution in [3.8, 4) is 5.75 Å². The number of imidazole rings is 1. The van der Waals surface area contributed by atoms with E-state index < -0.39 is 0 Å². The Morgan fingerprint density at radius 2 is 1.66 bits per heavy atom. The van der Waals surface area contributed by atoms with Crippen molar-refractivity contribution in [3.63, 3.8) is 0 Å². The van der Waals surface area contributed by atoms with Crippen LogP contribution in [-0.4, -0.2) is 28.6 Å². The lowest BCUT2D eigenvalue weighted by Gasteiger charge is -2.11. The Bertz CT molecular complexity index is 1220. The molecular formula is C29H32ClN3O2. The maximum Gasteiger partial charge on any atom is 0.224 e. The zero-order valence-electron chi connectivity index (χ0n) is 20.0. The maximum absolute atomic E-state index is 12.1. The summed E-state index contributed by atoms with van der Waals surface area (Å²) < 4.78 is 8.18. The van der Waals surface area contributed by atoms with Crippen LogP contribution in [0.1, 0.15) is 37.1 Å². The molecule has 6 heteroatoms. The Morgan fingerprint density at radius 3 is 2.51 bits per heavy atom. The zero-order chi connectivity index (χ0) is 24.3. The molecule has 1 N–H and O–H groups in total. The maximum atomic E-state index is 12.1. The summed E-state index contributed by atoms with van der Waals surface area (Å²) in [5.74, 6) is 1.91. The lowest BCUT2D eigenvalue weighted by atomic mass is 10.1. The topological polar surface area (TPSA) is 56.2 Å². The third kappa shape index (κ3) is 7.33. The van der Waals surface area contributed by atoms with E-state index in [2.05, 4.69) is 28.1 Å². The summed E-state index contributed by atoms with van der Waals surface area (Å²) >= 11 is 6.19. The number of rotatable bonds is 13. The van der Waals surface area contributed by atoms with E-state index in [0.717, 1.165) is 66.8 Å². The number of unbranched alkanes of at least 4 members (excludes halogenated alkanes) is 2. The normalized spacial score (nSPS) is 11.0. The first kappa shape index (κ1) is 24.8. The number of hydrogen-bond donors (Lipinski definition) is 1. The van der Waals surface area contributed by atoms with Gasteiger partial charge in [0.25, 0.3) is 0 Å². The first-order valence-corrected chi connectivity index (χ1v) is 12.7. The number of nitrogens with one attached hydrogen (secondary N) is 1. The van der Waals surface area contributed by atoms with Crippen LogP contribution in [0.25, 0.3) is 11.0 Å². The van der Waals surface area contributed by atoms with Gasteiger partial charge in [-0.25, -0.2) is 4.98 Å². The molecule has 0 aliphatic rings. The summed E-state index contributed by atoms with van der Waals surface area (Å²) in [6.07, 6.45) is 5.26. The molecule has 0 atom stereocenters. The highest BCUT2D eigenvalue weighted by molar-refractivity contribution is 6.32. The number of aromatic nitrogens is 2. The first-order chi connectivity index (χ1) is 17.2. The molecule has 0 radical (unpaired) electrons. The van der Waals surface area contributed by atoms with Crippen molar-refractivity contribution in [1.29, 1.82) is 0 Å². The molecule has 0 bridgehead atoms. The number of aryl methyl sites for hydroxylation is 2. The van der Waals surface area contributed by atoms with E-state index in [1.165, 1.54) is 0 Å². The highest BCUT2D eigenvalue weighted by Gasteiger charge is 2.10. The molecule has 0 saturated heterocycles. The number of amides is 1. The van der Waals surface area contributed by atoms with Crippen molar-refractivity contribution >= 4 is 28.5 Å². The summed E-state index contributed by atoms with van der Waals surface area (Å²) in [7, 11) is 0. The monoisotopic (exact) mass is 489 g/mol. The molecule has 0 fully saturated rings. The van der Waals surface area contributed by atoms with Crippen LogP contribution in [0, 0.1) is 0 Å². The van der Waals surface area contributed by atoms with Crippen LogP contribution in [0.5, 0.6) is 5.75 Å². The smallest absolute Gasteiger partial charge is 0.224 e. The summed E-state index contributed by atoms with van der Waals surface area (Å²) in [6.45, 7) is 2.15. The molecule has 5 nitrogen and oxygen atoms in total. The van der Waals surface area contributed by atoms with Gasteiger partial charge in [0.1, 0.15) is 11.6 Å². The fourth-order valence-corrected chi connectivity index (χ4v) is 4.38. The highest BCUT2D eigenvalue weighted by atomic mass is 35.5. The van der Waals surface area contributed by atoms with Crippen molar-refractivity contribution in [1.82, 2.24) is 14.9 Å². The van der Waals surface area contributed by atoms with Crippen molar-refractivity contribution < 1.29 is 9.53 Å². The highest BCUT2D eigenvalue weighted by Crippen LogP contribution is 2.23. The minimum atomic E-state index is 0.0806. The van der Waals surface area contributed by atoms with Crippen LogP contribution >= 0.6 is 11.6 Å². The third-order valence-electron chi connectivity index (χ3n) is 5.96. The predicted octanol–water partition coefficient (Wildman–Crippen LogP) is 6.23. The van der Waals surface area contributed by atoms with Gasteiger partial charge in [-0.2, -0.15) is 0 Å². The standard InChI is InChI=1S/C29H32ClN3O2/c30-24-14-6-9-17-27(24)35-21-11-20-33-26-16-8-7-15-25(26)32-28(33)18-5-2-10-19-31-29(34)22-23-12-3-1-4-13-23/h1,3-4,6-9,12-17H,2,5,10-11,18-22H2,(H,31,34). The number of ether oxygens (including phenoxy) is 1. The quantitative estimate of drug-likeness (QED) is 0.226. The molecule has 0 aliphatic heterocycles. The second kappa shape index (κ2) is 13.0. The second-order valence-corrected chi connectivity index (χ2v) is 9.03. The average molecular weight is 490 g/mol. The van der Waals surface area contributed by atoms with Gasteiger partial charge in [0.2, 0.25) is 5.91 Å². The molecule has 4 rings (SSSR count). The van der Waals surface area contributed by atoms with Crippen molar-refractivity contribution in [3.05, 3.63) is 95.3 Å². The van der Waals surface area contributed by atoms with Crippen molar-refractivity contribution in [2.24, 2.45) is 0 Å². The Balaban J connectivity index is 1.22. The van der Waals surface area contributed by atoms with Crippen LogP contribution in [0.2, 0.25) is 5.02 Å². The third-order valence-corrected chi connectivity index (χ3v) is 6.27. The number of carbonyl (C=O) groups is 1. The van der Waals surface area contributed by atoms with E-state index in [4.69, 9.17) is 21.3 Å². The van der Waals surface area contributed by atoms with Gasteiger partial charge in [-0.15, -0.1) is 0 Å². The average Bonchev–Trinajstić information content (AvgIpc) is 3.23. The molecule has 0 aliphatic carbocycles. The van der Waals surface area contributed by atoms with Crippen LogP contribution < -0.4 is 10.1 Å². The molecule has 4 aromatic rings. The Kier molecular flexibility index (Phi) is 9.18. The number of hydrogen-bond acceptors (Lipinski definition) is 3. The van der Waals surface area contributed by atoms with E-state index >= 15 is 0 Å². The van der Waals surface area contributed by atoms with Gasteiger partial charge in [-0.3, -0.25) is 4.79 Å². The second-order valence-electron chi connectivity index (χ2n) is 8.62. The zero-order valence-corrected chi connectivity index (χ0v) is 20.7. The minimum absolute atomic E-state index is 0.0806. The molecule has 0 spiro atoms. The largest absolute Gasteiger partial charge is 0.492 e. The van der Waals surface area contributed by atoms with Gasteiger partial charge in [-0.05, 0) is 49.1 Å². The number of para-hydroxylation sites is 3. The summed E-state index contributed by atoms with van der Waals surface area (Å²) in [5.41, 5.74) is 3.23. The van der Waals surface area contributed by atoms with Gasteiger partial charge in [-0.1, -0.05) is 72.6 Å². The molecule has 3 aromatic carbocycles. The first-order valence-electron chi connectivity index (χ1n) is 12.3. The van der Waals surface area contributed by atoms with Crippen LogP contribution in [0.3, 0.4) is 0 Å². The minimum Gasteiger partial charge on any atom is -0.492 e. The summed E-state index contributed by atoms with van der Waals surface area (Å²) in [6, 6.07) is 25.7. The van der Waals surface area contributed by atoms with E-state index in [0.29, 0.717) is 24.6 Å². The van der Waals surface area contributed by atoms with Crippen LogP contribution in [0.4, 0.5) is 0 Å². The van der Waals surface area contributed by atoms with Gasteiger partial charge >= 0.3 is 0 Å². The van der Waals surface area contributed by atoms with E-state index in [9.17, 15) is 4.79 Å².